The van der Waals surface area contributed by atoms with Gasteiger partial charge in [0.15, 0.2) is 0 Å². The molecule has 0 spiro atoms. The van der Waals surface area contributed by atoms with Gasteiger partial charge in [0, 0.05) is 21.3 Å². The van der Waals surface area contributed by atoms with Gasteiger partial charge in [-0.3, -0.25) is 14.5 Å². The number of halogens is 1. The van der Waals surface area contributed by atoms with Crippen LogP contribution in [0.5, 0.6) is 5.75 Å². The number of aliphatic hydroxyl groups excluding tert-OH is 1. The number of benzene rings is 3. The summed E-state index contributed by atoms with van der Waals surface area (Å²) in [5.41, 5.74) is 4.68. The predicted octanol–water partition coefficient (Wildman–Crippen LogP) is 6.01. The quantitative estimate of drug-likeness (QED) is 0.268. The highest BCUT2D eigenvalue weighted by Gasteiger charge is 2.48. The summed E-state index contributed by atoms with van der Waals surface area (Å²) in [5.74, 6) is -1.12. The van der Waals surface area contributed by atoms with Crippen LogP contribution in [0.3, 0.4) is 0 Å². The topological polar surface area (TPSA) is 66.8 Å². The van der Waals surface area contributed by atoms with Crippen LogP contribution < -0.4 is 9.64 Å². The third-order valence-electron chi connectivity index (χ3n) is 6.08. The van der Waals surface area contributed by atoms with Gasteiger partial charge >= 0.3 is 0 Å². The van der Waals surface area contributed by atoms with Gasteiger partial charge in [-0.25, -0.2) is 0 Å². The van der Waals surface area contributed by atoms with Gasteiger partial charge in [-0.05, 0) is 67.8 Å². The van der Waals surface area contributed by atoms with Crippen molar-refractivity contribution in [3.63, 3.8) is 0 Å². The van der Waals surface area contributed by atoms with Crippen LogP contribution in [0, 0.1) is 20.8 Å². The third kappa shape index (κ3) is 3.95. The maximum Gasteiger partial charge on any atom is 0.300 e. The molecule has 1 atom stereocenters. The Morgan fingerprint density at radius 1 is 0.939 bits per heavy atom. The van der Waals surface area contributed by atoms with Gasteiger partial charge < -0.3 is 9.84 Å². The second kappa shape index (κ2) is 8.87. The van der Waals surface area contributed by atoms with Crippen molar-refractivity contribution in [1.29, 1.82) is 0 Å². The molecule has 1 N–H and O–H groups in total. The summed E-state index contributed by atoms with van der Waals surface area (Å²) >= 11 is 3.46. The van der Waals surface area contributed by atoms with E-state index in [9.17, 15) is 14.7 Å². The molecular formula is C27H24BrNO4. The first-order valence-electron chi connectivity index (χ1n) is 10.5. The Morgan fingerprint density at radius 2 is 1.67 bits per heavy atom. The highest BCUT2D eigenvalue weighted by Crippen LogP contribution is 2.45. The Labute approximate surface area is 201 Å². The molecule has 1 aliphatic heterocycles. The third-order valence-corrected chi connectivity index (χ3v) is 6.97. The standard InChI is InChI=1S/C27H24BrNO4/c1-15-9-11-19(14-16(15)2)29-24(20-7-5-6-8-22(20)33-4)23(26(31)27(29)32)25(30)18-10-12-21(28)17(3)13-18/h5-14,24,30H,1-4H3/b25-23+. The average molecular weight is 506 g/mol. The minimum Gasteiger partial charge on any atom is -0.507 e. The molecule has 0 aromatic heterocycles. The zero-order valence-corrected chi connectivity index (χ0v) is 20.4. The number of rotatable bonds is 4. The second-order valence-corrected chi connectivity index (χ2v) is 9.00. The van der Waals surface area contributed by atoms with Gasteiger partial charge in [-0.2, -0.15) is 0 Å². The van der Waals surface area contributed by atoms with E-state index in [-0.39, 0.29) is 11.3 Å². The monoisotopic (exact) mass is 505 g/mol. The molecule has 0 bridgehead atoms. The Bertz CT molecular complexity index is 1310. The van der Waals surface area contributed by atoms with E-state index in [2.05, 4.69) is 15.9 Å². The molecule has 1 fully saturated rings. The number of carbonyl (C=O) groups is 2. The van der Waals surface area contributed by atoms with E-state index in [1.54, 1.807) is 25.3 Å². The van der Waals surface area contributed by atoms with Crippen LogP contribution in [-0.4, -0.2) is 23.9 Å². The van der Waals surface area contributed by atoms with Crippen LogP contribution in [0.2, 0.25) is 0 Å². The van der Waals surface area contributed by atoms with Crippen molar-refractivity contribution >= 4 is 39.1 Å². The van der Waals surface area contributed by atoms with E-state index >= 15 is 0 Å². The largest absolute Gasteiger partial charge is 0.507 e. The molecule has 1 saturated heterocycles. The summed E-state index contributed by atoms with van der Waals surface area (Å²) in [7, 11) is 1.54. The number of hydrogen-bond acceptors (Lipinski definition) is 4. The number of ether oxygens (including phenoxy) is 1. The minimum atomic E-state index is -0.841. The summed E-state index contributed by atoms with van der Waals surface area (Å²) < 4.78 is 6.45. The lowest BCUT2D eigenvalue weighted by molar-refractivity contribution is -0.132. The van der Waals surface area contributed by atoms with E-state index in [0.29, 0.717) is 22.6 Å². The Morgan fingerprint density at radius 3 is 2.33 bits per heavy atom. The number of para-hydroxylation sites is 1. The molecule has 1 heterocycles. The summed E-state index contributed by atoms with van der Waals surface area (Å²) in [5, 5.41) is 11.3. The lowest BCUT2D eigenvalue weighted by atomic mass is 9.94. The van der Waals surface area contributed by atoms with Crippen molar-refractivity contribution in [1.82, 2.24) is 0 Å². The van der Waals surface area contributed by atoms with Gasteiger partial charge in [0.1, 0.15) is 11.5 Å². The average Bonchev–Trinajstić information content (AvgIpc) is 3.07. The molecule has 0 radical (unpaired) electrons. The fourth-order valence-electron chi connectivity index (χ4n) is 4.11. The summed E-state index contributed by atoms with van der Waals surface area (Å²) in [6.07, 6.45) is 0. The number of methoxy groups -OCH3 is 1. The van der Waals surface area contributed by atoms with Crippen molar-refractivity contribution in [2.24, 2.45) is 0 Å². The van der Waals surface area contributed by atoms with E-state index in [0.717, 1.165) is 21.2 Å². The maximum absolute atomic E-state index is 13.3. The predicted molar refractivity (Wildman–Crippen MR) is 133 cm³/mol. The Hall–Kier alpha value is -3.38. The minimum absolute atomic E-state index is 0.0319. The number of hydrogen-bond donors (Lipinski definition) is 1. The molecule has 1 unspecified atom stereocenters. The molecule has 33 heavy (non-hydrogen) atoms. The first kappa shape index (κ1) is 22.8. The lowest BCUT2D eigenvalue weighted by Crippen LogP contribution is -2.29. The molecule has 0 saturated carbocycles. The Balaban J connectivity index is 2.00. The van der Waals surface area contributed by atoms with Gasteiger partial charge in [0.2, 0.25) is 0 Å². The van der Waals surface area contributed by atoms with E-state index in [1.807, 2.05) is 63.2 Å². The SMILES string of the molecule is COc1ccccc1C1/C(=C(\O)c2ccc(Br)c(C)c2)C(=O)C(=O)N1c1ccc(C)c(C)c1. The fraction of sp³-hybridized carbons (Fsp3) is 0.185. The number of nitrogens with zero attached hydrogens (tertiary/aromatic N) is 1. The lowest BCUT2D eigenvalue weighted by Gasteiger charge is -2.27. The number of carbonyl (C=O) groups excluding carboxylic acids is 2. The van der Waals surface area contributed by atoms with Crippen molar-refractivity contribution in [2.45, 2.75) is 26.8 Å². The van der Waals surface area contributed by atoms with Gasteiger partial charge in [-0.15, -0.1) is 0 Å². The van der Waals surface area contributed by atoms with Crippen LogP contribution in [-0.2, 0) is 9.59 Å². The molecule has 3 aromatic rings. The molecular weight excluding hydrogens is 482 g/mol. The van der Waals surface area contributed by atoms with Gasteiger partial charge in [0.05, 0.1) is 18.7 Å². The van der Waals surface area contributed by atoms with Crippen LogP contribution in [0.4, 0.5) is 5.69 Å². The van der Waals surface area contributed by atoms with Crippen LogP contribution in [0.25, 0.3) is 5.76 Å². The number of aryl methyl sites for hydroxylation is 3. The highest BCUT2D eigenvalue weighted by molar-refractivity contribution is 9.10. The highest BCUT2D eigenvalue weighted by atomic mass is 79.9. The molecule has 1 amide bonds. The number of anilines is 1. The van der Waals surface area contributed by atoms with Crippen molar-refractivity contribution < 1.29 is 19.4 Å². The molecule has 4 rings (SSSR count). The molecule has 5 nitrogen and oxygen atoms in total. The second-order valence-electron chi connectivity index (χ2n) is 8.14. The first-order chi connectivity index (χ1) is 15.7. The normalized spacial score (nSPS) is 17.5. The summed E-state index contributed by atoms with van der Waals surface area (Å²) in [4.78, 5) is 28.1. The van der Waals surface area contributed by atoms with E-state index < -0.39 is 17.7 Å². The molecule has 6 heteroatoms. The molecule has 3 aromatic carbocycles. The van der Waals surface area contributed by atoms with Crippen molar-refractivity contribution in [3.8, 4) is 5.75 Å². The van der Waals surface area contributed by atoms with Gasteiger partial charge in [-0.1, -0.05) is 46.3 Å². The number of aliphatic hydroxyl groups is 1. The Kier molecular flexibility index (Phi) is 6.13. The fourth-order valence-corrected chi connectivity index (χ4v) is 4.35. The van der Waals surface area contributed by atoms with E-state index in [1.165, 1.54) is 4.90 Å². The number of Topliss-reactive ketones (excluding diaryl/α,β-unsaturated/α-hetero) is 1. The molecule has 0 aliphatic carbocycles. The zero-order chi connectivity index (χ0) is 23.9. The van der Waals surface area contributed by atoms with Crippen LogP contribution in [0.1, 0.15) is 33.9 Å². The molecule has 1 aliphatic rings. The maximum atomic E-state index is 13.3. The van der Waals surface area contributed by atoms with Crippen LogP contribution >= 0.6 is 15.9 Å². The van der Waals surface area contributed by atoms with Crippen molar-refractivity contribution in [3.05, 3.63) is 98.5 Å². The summed E-state index contributed by atoms with van der Waals surface area (Å²) in [6.45, 7) is 5.84. The van der Waals surface area contributed by atoms with Crippen molar-refractivity contribution in [2.75, 3.05) is 12.0 Å². The van der Waals surface area contributed by atoms with Gasteiger partial charge in [0.25, 0.3) is 11.7 Å². The number of ketones is 1. The smallest absolute Gasteiger partial charge is 0.300 e. The zero-order valence-electron chi connectivity index (χ0n) is 18.8. The summed E-state index contributed by atoms with van der Waals surface area (Å²) in [6, 6.07) is 17.3. The van der Waals surface area contributed by atoms with E-state index in [4.69, 9.17) is 4.74 Å². The van der Waals surface area contributed by atoms with Crippen LogP contribution in [0.15, 0.2) is 70.7 Å². The molecule has 168 valence electrons. The first-order valence-corrected chi connectivity index (χ1v) is 11.3. The number of amides is 1.